The summed E-state index contributed by atoms with van der Waals surface area (Å²) in [5.41, 5.74) is -0.0846. The molecule has 100 valence electrons. The van der Waals surface area contributed by atoms with E-state index in [1.165, 1.54) is 24.3 Å². The molecule has 1 heterocycles. The zero-order valence-corrected chi connectivity index (χ0v) is 12.5. The van der Waals surface area contributed by atoms with Crippen LogP contribution in [0.1, 0.15) is 10.4 Å². The standard InChI is InChI=1S/C11H8BrNO4S2/c12-7-3-4-8(11(14)15)9(6-7)13-19(16,17)10-2-1-5-18-10/h1-6,13H,(H,14,15). The van der Waals surface area contributed by atoms with Gasteiger partial charge < -0.3 is 5.11 Å². The molecule has 2 rings (SSSR count). The number of hydrogen-bond acceptors (Lipinski definition) is 4. The van der Waals surface area contributed by atoms with Crippen LogP contribution < -0.4 is 4.72 Å². The topological polar surface area (TPSA) is 83.5 Å². The highest BCUT2D eigenvalue weighted by molar-refractivity contribution is 9.10. The monoisotopic (exact) mass is 361 g/mol. The van der Waals surface area contributed by atoms with Crippen molar-refractivity contribution < 1.29 is 18.3 Å². The minimum Gasteiger partial charge on any atom is -0.478 e. The van der Waals surface area contributed by atoms with Crippen LogP contribution in [0.3, 0.4) is 0 Å². The Balaban J connectivity index is 2.44. The van der Waals surface area contributed by atoms with Crippen molar-refractivity contribution in [3.8, 4) is 0 Å². The van der Waals surface area contributed by atoms with Crippen LogP contribution in [0.4, 0.5) is 5.69 Å². The summed E-state index contributed by atoms with van der Waals surface area (Å²) in [5, 5.41) is 10.7. The molecule has 0 atom stereocenters. The second kappa shape index (κ2) is 5.32. The minimum atomic E-state index is -3.76. The van der Waals surface area contributed by atoms with Gasteiger partial charge in [0.05, 0.1) is 11.3 Å². The highest BCUT2D eigenvalue weighted by atomic mass is 79.9. The van der Waals surface area contributed by atoms with Crippen molar-refractivity contribution in [3.63, 3.8) is 0 Å². The third kappa shape index (κ3) is 3.14. The number of rotatable bonds is 4. The van der Waals surface area contributed by atoms with Gasteiger partial charge in [-0.15, -0.1) is 11.3 Å². The summed E-state index contributed by atoms with van der Waals surface area (Å²) < 4.78 is 27.1. The minimum absolute atomic E-state index is 0.0234. The van der Waals surface area contributed by atoms with E-state index in [0.29, 0.717) is 4.47 Å². The van der Waals surface area contributed by atoms with Gasteiger partial charge in [0.15, 0.2) is 0 Å². The lowest BCUT2D eigenvalue weighted by Gasteiger charge is -2.09. The summed E-state index contributed by atoms with van der Waals surface area (Å²) in [6.07, 6.45) is 0. The molecule has 1 aromatic carbocycles. The van der Waals surface area contributed by atoms with Gasteiger partial charge in [0.1, 0.15) is 4.21 Å². The van der Waals surface area contributed by atoms with Crippen molar-refractivity contribution in [2.45, 2.75) is 4.21 Å². The van der Waals surface area contributed by atoms with Gasteiger partial charge in [-0.1, -0.05) is 22.0 Å². The van der Waals surface area contributed by atoms with E-state index < -0.39 is 16.0 Å². The maximum atomic E-state index is 12.0. The Hall–Kier alpha value is -1.38. The van der Waals surface area contributed by atoms with Gasteiger partial charge in [0.25, 0.3) is 10.0 Å². The third-order valence-corrected chi connectivity index (χ3v) is 5.47. The largest absolute Gasteiger partial charge is 0.478 e. The fourth-order valence-corrected chi connectivity index (χ4v) is 3.82. The number of halogens is 1. The number of aromatic carboxylic acids is 1. The van der Waals surface area contributed by atoms with Gasteiger partial charge >= 0.3 is 5.97 Å². The first-order valence-corrected chi connectivity index (χ1v) is 8.15. The Labute approximate surface area is 122 Å². The fraction of sp³-hybridized carbons (Fsp3) is 0. The number of carboxylic acids is 1. The van der Waals surface area contributed by atoms with E-state index in [2.05, 4.69) is 20.7 Å². The van der Waals surface area contributed by atoms with E-state index in [-0.39, 0.29) is 15.5 Å². The first-order chi connectivity index (χ1) is 8.90. The number of sulfonamides is 1. The summed E-state index contributed by atoms with van der Waals surface area (Å²) in [6, 6.07) is 7.34. The summed E-state index contributed by atoms with van der Waals surface area (Å²) in [4.78, 5) is 11.1. The van der Waals surface area contributed by atoms with Crippen LogP contribution >= 0.6 is 27.3 Å². The molecule has 0 aliphatic carbocycles. The summed E-state index contributed by atoms with van der Waals surface area (Å²) in [7, 11) is -3.76. The quantitative estimate of drug-likeness (QED) is 0.876. The van der Waals surface area contributed by atoms with Crippen LogP contribution in [0.5, 0.6) is 0 Å². The van der Waals surface area contributed by atoms with Crippen LogP contribution in [0, 0.1) is 0 Å². The average molecular weight is 362 g/mol. The van der Waals surface area contributed by atoms with E-state index in [9.17, 15) is 13.2 Å². The average Bonchev–Trinajstić information content (AvgIpc) is 2.81. The molecule has 0 bridgehead atoms. The van der Waals surface area contributed by atoms with Crippen LogP contribution in [-0.4, -0.2) is 19.5 Å². The molecule has 0 unspecified atom stereocenters. The number of benzene rings is 1. The number of anilines is 1. The molecule has 0 amide bonds. The van der Waals surface area contributed by atoms with Crippen molar-refractivity contribution in [1.82, 2.24) is 0 Å². The van der Waals surface area contributed by atoms with Gasteiger partial charge in [0, 0.05) is 4.47 Å². The second-order valence-corrected chi connectivity index (χ2v) is 7.31. The number of thiophene rings is 1. The number of carbonyl (C=O) groups is 1. The van der Waals surface area contributed by atoms with Crippen LogP contribution in [-0.2, 0) is 10.0 Å². The Morgan fingerprint density at radius 2 is 2.05 bits per heavy atom. The van der Waals surface area contributed by atoms with Crippen molar-refractivity contribution in [2.24, 2.45) is 0 Å². The molecule has 0 fully saturated rings. The lowest BCUT2D eigenvalue weighted by Crippen LogP contribution is -2.14. The molecule has 8 heteroatoms. The number of nitrogens with one attached hydrogen (secondary N) is 1. The second-order valence-electron chi connectivity index (χ2n) is 3.53. The van der Waals surface area contributed by atoms with Gasteiger partial charge in [-0.05, 0) is 29.6 Å². The van der Waals surface area contributed by atoms with E-state index in [1.54, 1.807) is 11.4 Å². The van der Waals surface area contributed by atoms with E-state index >= 15 is 0 Å². The van der Waals surface area contributed by atoms with E-state index in [1.807, 2.05) is 0 Å². The fourth-order valence-electron chi connectivity index (χ4n) is 1.40. The Morgan fingerprint density at radius 3 is 2.63 bits per heavy atom. The molecule has 0 saturated carbocycles. The smallest absolute Gasteiger partial charge is 0.337 e. The van der Waals surface area contributed by atoms with Crippen LogP contribution in [0.2, 0.25) is 0 Å². The number of carboxylic acid groups (broad SMARTS) is 1. The molecule has 0 spiro atoms. The molecule has 2 aromatic rings. The SMILES string of the molecule is O=C(O)c1ccc(Br)cc1NS(=O)(=O)c1cccs1. The Morgan fingerprint density at radius 1 is 1.32 bits per heavy atom. The first kappa shape index (κ1) is 14.0. The highest BCUT2D eigenvalue weighted by Crippen LogP contribution is 2.25. The van der Waals surface area contributed by atoms with Gasteiger partial charge in [-0.2, -0.15) is 0 Å². The first-order valence-electron chi connectivity index (χ1n) is 4.99. The third-order valence-electron chi connectivity index (χ3n) is 2.22. The molecule has 0 radical (unpaired) electrons. The van der Waals surface area contributed by atoms with Gasteiger partial charge in [0.2, 0.25) is 0 Å². The lowest BCUT2D eigenvalue weighted by atomic mass is 10.2. The molecular weight excluding hydrogens is 354 g/mol. The molecule has 1 aromatic heterocycles. The molecule has 0 aliphatic heterocycles. The highest BCUT2D eigenvalue weighted by Gasteiger charge is 2.19. The Kier molecular flexibility index (Phi) is 3.93. The summed E-state index contributed by atoms with van der Waals surface area (Å²) in [5.74, 6) is -1.20. The van der Waals surface area contributed by atoms with Crippen LogP contribution in [0.25, 0.3) is 0 Å². The predicted octanol–water partition coefficient (Wildman–Crippen LogP) is 3.01. The van der Waals surface area contributed by atoms with Gasteiger partial charge in [-0.3, -0.25) is 4.72 Å². The molecule has 2 N–H and O–H groups in total. The molecule has 19 heavy (non-hydrogen) atoms. The van der Waals surface area contributed by atoms with Gasteiger partial charge in [-0.25, -0.2) is 13.2 Å². The number of hydrogen-bond donors (Lipinski definition) is 2. The maximum absolute atomic E-state index is 12.0. The maximum Gasteiger partial charge on any atom is 0.337 e. The summed E-state index contributed by atoms with van der Waals surface area (Å²) in [6.45, 7) is 0. The van der Waals surface area contributed by atoms with E-state index in [0.717, 1.165) is 11.3 Å². The zero-order chi connectivity index (χ0) is 14.0. The molecule has 5 nitrogen and oxygen atoms in total. The molecule has 0 saturated heterocycles. The zero-order valence-electron chi connectivity index (χ0n) is 9.33. The van der Waals surface area contributed by atoms with Crippen molar-refractivity contribution in [1.29, 1.82) is 0 Å². The van der Waals surface area contributed by atoms with Crippen molar-refractivity contribution >= 4 is 48.9 Å². The van der Waals surface area contributed by atoms with Crippen LogP contribution in [0.15, 0.2) is 44.4 Å². The molecule has 0 aliphatic rings. The van der Waals surface area contributed by atoms with Crippen molar-refractivity contribution in [2.75, 3.05) is 4.72 Å². The van der Waals surface area contributed by atoms with Crippen molar-refractivity contribution in [3.05, 3.63) is 45.7 Å². The lowest BCUT2D eigenvalue weighted by molar-refractivity contribution is 0.0698. The normalized spacial score (nSPS) is 11.2. The van der Waals surface area contributed by atoms with E-state index in [4.69, 9.17) is 5.11 Å². The Bertz CT molecular complexity index is 710. The predicted molar refractivity (Wildman–Crippen MR) is 76.2 cm³/mol. The summed E-state index contributed by atoms with van der Waals surface area (Å²) >= 11 is 4.23. The molecular formula is C11H8BrNO4S2.